The minimum Gasteiger partial charge on any atom is -0.486 e. The number of ether oxygens (including phenoxy) is 2. The van der Waals surface area contributed by atoms with Crippen LogP contribution in [-0.4, -0.2) is 54.2 Å². The van der Waals surface area contributed by atoms with Gasteiger partial charge in [-0.15, -0.1) is 0 Å². The van der Waals surface area contributed by atoms with Gasteiger partial charge in [-0.25, -0.2) is 4.79 Å². The summed E-state index contributed by atoms with van der Waals surface area (Å²) in [6.45, 7) is 4.08. The molecule has 0 spiro atoms. The van der Waals surface area contributed by atoms with E-state index in [1.807, 2.05) is 47.4 Å². The summed E-state index contributed by atoms with van der Waals surface area (Å²) in [4.78, 5) is 17.0. The maximum absolute atomic E-state index is 12.5. The second-order valence-electron chi connectivity index (χ2n) is 7.74. The van der Waals surface area contributed by atoms with Crippen molar-refractivity contribution in [3.05, 3.63) is 54.1 Å². The Bertz CT molecular complexity index is 864. The molecule has 3 heterocycles. The predicted molar refractivity (Wildman–Crippen MR) is 107 cm³/mol. The van der Waals surface area contributed by atoms with E-state index in [0.29, 0.717) is 13.2 Å². The molecule has 1 unspecified atom stereocenters. The number of nitrogens with zero attached hydrogens (tertiary/aromatic N) is 2. The van der Waals surface area contributed by atoms with Crippen molar-refractivity contribution < 1.29 is 14.3 Å². The number of para-hydroxylation sites is 3. The standard InChI is InChI=1S/C22H25N3O3/c26-22-23-19-6-2-1-5-16(19)13-25(22)17-9-11-24(12-10-17)14-18-15-27-20-7-3-4-8-21(20)28-18/h1-8,17-18H,9-15H2,(H,23,26). The van der Waals surface area contributed by atoms with Crippen molar-refractivity contribution in [2.45, 2.75) is 31.5 Å². The molecule has 0 radical (unpaired) electrons. The van der Waals surface area contributed by atoms with Gasteiger partial charge in [0.1, 0.15) is 12.7 Å². The van der Waals surface area contributed by atoms with E-state index in [-0.39, 0.29) is 18.2 Å². The van der Waals surface area contributed by atoms with Crippen LogP contribution >= 0.6 is 0 Å². The third-order valence-corrected chi connectivity index (χ3v) is 5.89. The molecule has 1 atom stereocenters. The zero-order chi connectivity index (χ0) is 18.9. The van der Waals surface area contributed by atoms with Crippen LogP contribution in [0.25, 0.3) is 0 Å². The summed E-state index contributed by atoms with van der Waals surface area (Å²) in [7, 11) is 0. The molecule has 0 aliphatic carbocycles. The molecule has 2 aromatic rings. The van der Waals surface area contributed by atoms with Crippen LogP contribution < -0.4 is 14.8 Å². The third-order valence-electron chi connectivity index (χ3n) is 5.89. The Morgan fingerprint density at radius 2 is 1.75 bits per heavy atom. The maximum Gasteiger partial charge on any atom is 0.322 e. The summed E-state index contributed by atoms with van der Waals surface area (Å²) >= 11 is 0. The monoisotopic (exact) mass is 379 g/mol. The number of likely N-dealkylation sites (tertiary alicyclic amines) is 1. The molecule has 0 bridgehead atoms. The summed E-state index contributed by atoms with van der Waals surface area (Å²) in [6.07, 6.45) is 2.02. The Morgan fingerprint density at radius 1 is 1.00 bits per heavy atom. The Kier molecular flexibility index (Phi) is 4.56. The number of benzene rings is 2. The number of urea groups is 1. The van der Waals surface area contributed by atoms with Gasteiger partial charge >= 0.3 is 6.03 Å². The highest BCUT2D eigenvalue weighted by Crippen LogP contribution is 2.32. The fraction of sp³-hybridized carbons (Fsp3) is 0.409. The molecule has 6 heteroatoms. The van der Waals surface area contributed by atoms with Crippen LogP contribution in [0.3, 0.4) is 0 Å². The van der Waals surface area contributed by atoms with Gasteiger partial charge in [-0.05, 0) is 36.6 Å². The average molecular weight is 379 g/mol. The normalized spacial score (nSPS) is 22.5. The van der Waals surface area contributed by atoms with Crippen LogP contribution in [0.5, 0.6) is 11.5 Å². The summed E-state index contributed by atoms with van der Waals surface area (Å²) < 4.78 is 11.9. The van der Waals surface area contributed by atoms with E-state index in [0.717, 1.165) is 49.7 Å². The lowest BCUT2D eigenvalue weighted by Crippen LogP contribution is -2.51. The first-order chi connectivity index (χ1) is 13.8. The molecule has 0 aromatic heterocycles. The molecular formula is C22H25N3O3. The zero-order valence-electron chi connectivity index (χ0n) is 15.8. The summed E-state index contributed by atoms with van der Waals surface area (Å²) in [5, 5.41) is 3.03. The van der Waals surface area contributed by atoms with Crippen LogP contribution in [0, 0.1) is 0 Å². The average Bonchev–Trinajstić information content (AvgIpc) is 2.74. The molecule has 5 rings (SSSR count). The number of carbonyl (C=O) groups is 1. The van der Waals surface area contributed by atoms with Crippen LogP contribution in [0.4, 0.5) is 10.5 Å². The molecular weight excluding hydrogens is 354 g/mol. The number of hydrogen-bond donors (Lipinski definition) is 1. The molecule has 2 aromatic carbocycles. The molecule has 0 saturated carbocycles. The highest BCUT2D eigenvalue weighted by atomic mass is 16.6. The van der Waals surface area contributed by atoms with Gasteiger partial charge in [-0.2, -0.15) is 0 Å². The SMILES string of the molecule is O=C1Nc2ccccc2CN1C1CCN(CC2COc3ccccc3O2)CC1. The molecule has 3 aliphatic rings. The molecule has 28 heavy (non-hydrogen) atoms. The second-order valence-corrected chi connectivity index (χ2v) is 7.74. The quantitative estimate of drug-likeness (QED) is 0.889. The number of rotatable bonds is 3. The smallest absolute Gasteiger partial charge is 0.322 e. The minimum absolute atomic E-state index is 0.0257. The topological polar surface area (TPSA) is 54.0 Å². The maximum atomic E-state index is 12.5. The van der Waals surface area contributed by atoms with Crippen molar-refractivity contribution in [1.82, 2.24) is 9.80 Å². The van der Waals surface area contributed by atoms with Crippen molar-refractivity contribution in [2.24, 2.45) is 0 Å². The fourth-order valence-corrected chi connectivity index (χ4v) is 4.37. The highest BCUT2D eigenvalue weighted by molar-refractivity contribution is 5.92. The first-order valence-electron chi connectivity index (χ1n) is 10.0. The first kappa shape index (κ1) is 17.4. The van der Waals surface area contributed by atoms with E-state index in [1.54, 1.807) is 0 Å². The third kappa shape index (κ3) is 3.40. The Morgan fingerprint density at radius 3 is 2.61 bits per heavy atom. The lowest BCUT2D eigenvalue weighted by Gasteiger charge is -2.41. The minimum atomic E-state index is 0.0257. The molecule has 2 amide bonds. The number of amides is 2. The second kappa shape index (κ2) is 7.36. The Balaban J connectivity index is 1.16. The Hall–Kier alpha value is -2.73. The molecule has 1 N–H and O–H groups in total. The number of hydrogen-bond acceptors (Lipinski definition) is 4. The molecule has 3 aliphatic heterocycles. The fourth-order valence-electron chi connectivity index (χ4n) is 4.37. The predicted octanol–water partition coefficient (Wildman–Crippen LogP) is 3.34. The van der Waals surface area contributed by atoms with Gasteiger partial charge in [0.15, 0.2) is 11.5 Å². The lowest BCUT2D eigenvalue weighted by molar-refractivity contribution is 0.0426. The zero-order valence-corrected chi connectivity index (χ0v) is 15.8. The van der Waals surface area contributed by atoms with Gasteiger partial charge < -0.3 is 19.7 Å². The molecule has 1 fully saturated rings. The first-order valence-corrected chi connectivity index (χ1v) is 10.0. The number of piperidine rings is 1. The van der Waals surface area contributed by atoms with Gasteiger partial charge in [0.05, 0.1) is 0 Å². The number of fused-ring (bicyclic) bond motifs is 2. The van der Waals surface area contributed by atoms with Crippen molar-refractivity contribution in [3.63, 3.8) is 0 Å². The van der Waals surface area contributed by atoms with Crippen LogP contribution in [-0.2, 0) is 6.54 Å². The van der Waals surface area contributed by atoms with Gasteiger partial charge in [-0.1, -0.05) is 30.3 Å². The van der Waals surface area contributed by atoms with Crippen LogP contribution in [0.1, 0.15) is 18.4 Å². The van der Waals surface area contributed by atoms with E-state index in [1.165, 1.54) is 5.56 Å². The van der Waals surface area contributed by atoms with E-state index in [2.05, 4.69) is 16.3 Å². The molecule has 6 nitrogen and oxygen atoms in total. The van der Waals surface area contributed by atoms with Crippen molar-refractivity contribution in [3.8, 4) is 11.5 Å². The lowest BCUT2D eigenvalue weighted by atomic mass is 10.0. The van der Waals surface area contributed by atoms with Crippen molar-refractivity contribution in [1.29, 1.82) is 0 Å². The highest BCUT2D eigenvalue weighted by Gasteiger charge is 2.32. The number of carbonyl (C=O) groups excluding carboxylic acids is 1. The largest absolute Gasteiger partial charge is 0.486 e. The van der Waals surface area contributed by atoms with Crippen LogP contribution in [0.15, 0.2) is 48.5 Å². The van der Waals surface area contributed by atoms with Crippen molar-refractivity contribution in [2.75, 3.05) is 31.6 Å². The molecule has 146 valence electrons. The summed E-state index contributed by atoms with van der Waals surface area (Å²) in [5.41, 5.74) is 2.13. The molecule has 1 saturated heterocycles. The van der Waals surface area contributed by atoms with Crippen LogP contribution in [0.2, 0.25) is 0 Å². The van der Waals surface area contributed by atoms with E-state index >= 15 is 0 Å². The van der Waals surface area contributed by atoms with Gasteiger partial charge in [-0.3, -0.25) is 4.90 Å². The van der Waals surface area contributed by atoms with Gasteiger partial charge in [0.25, 0.3) is 0 Å². The Labute approximate surface area is 165 Å². The summed E-state index contributed by atoms with van der Waals surface area (Å²) in [6, 6.07) is 16.2. The van der Waals surface area contributed by atoms with E-state index in [9.17, 15) is 4.79 Å². The number of nitrogens with one attached hydrogen (secondary N) is 1. The number of anilines is 1. The van der Waals surface area contributed by atoms with Gasteiger partial charge in [0.2, 0.25) is 0 Å². The van der Waals surface area contributed by atoms with Gasteiger partial charge in [0, 0.05) is 37.9 Å². The van der Waals surface area contributed by atoms with E-state index < -0.39 is 0 Å². The van der Waals surface area contributed by atoms with E-state index in [4.69, 9.17) is 9.47 Å². The summed E-state index contributed by atoms with van der Waals surface area (Å²) in [5.74, 6) is 1.66. The van der Waals surface area contributed by atoms with Crippen molar-refractivity contribution >= 4 is 11.7 Å².